The van der Waals surface area contributed by atoms with Crippen LogP contribution in [0.4, 0.5) is 0 Å². The van der Waals surface area contributed by atoms with Gasteiger partial charge in [-0.1, -0.05) is 41.4 Å². The largest absolute Gasteiger partial charge is 0.228 e. The molecule has 1 aliphatic rings. The van der Waals surface area contributed by atoms with Gasteiger partial charge in [0.2, 0.25) is 0 Å². The second-order valence-corrected chi connectivity index (χ2v) is 5.85. The number of hydrogen-bond donors (Lipinski definition) is 0. The summed E-state index contributed by atoms with van der Waals surface area (Å²) in [4.78, 5) is 4.72. The van der Waals surface area contributed by atoms with Crippen LogP contribution in [0.1, 0.15) is 24.3 Å². The van der Waals surface area contributed by atoms with Gasteiger partial charge >= 0.3 is 0 Å². The Kier molecular flexibility index (Phi) is 2.72. The molecule has 1 aromatic carbocycles. The van der Waals surface area contributed by atoms with E-state index in [0.717, 1.165) is 16.9 Å². The molecule has 1 fully saturated rings. The molecule has 0 radical (unpaired) electrons. The van der Waals surface area contributed by atoms with E-state index in [0.29, 0.717) is 16.1 Å². The van der Waals surface area contributed by atoms with Gasteiger partial charge in [0.15, 0.2) is 5.65 Å². The van der Waals surface area contributed by atoms with Crippen LogP contribution in [-0.2, 0) is 0 Å². The smallest absolute Gasteiger partial charge is 0.160 e. The van der Waals surface area contributed by atoms with Gasteiger partial charge in [0, 0.05) is 22.2 Å². The fourth-order valence-corrected chi connectivity index (χ4v) is 2.89. The molecular weight excluding hydrogens is 293 g/mol. The third-order valence-electron chi connectivity index (χ3n) is 3.62. The van der Waals surface area contributed by atoms with E-state index in [1.54, 1.807) is 10.6 Å². The minimum atomic E-state index is 0.553. The van der Waals surface area contributed by atoms with Crippen molar-refractivity contribution in [2.45, 2.75) is 18.8 Å². The van der Waals surface area contributed by atoms with Gasteiger partial charge in [0.05, 0.1) is 11.9 Å². The summed E-state index contributed by atoms with van der Waals surface area (Å²) in [5, 5.41) is 5.55. The molecule has 1 saturated carbocycles. The lowest BCUT2D eigenvalue weighted by Crippen LogP contribution is -1.96. The van der Waals surface area contributed by atoms with Crippen molar-refractivity contribution in [1.82, 2.24) is 14.6 Å². The molecule has 0 spiro atoms. The lowest BCUT2D eigenvalue weighted by atomic mass is 10.1. The molecule has 3 aromatic rings. The summed E-state index contributed by atoms with van der Waals surface area (Å²) in [6, 6.07) is 9.46. The van der Waals surface area contributed by atoms with Gasteiger partial charge in [-0.05, 0) is 24.8 Å². The Morgan fingerprint density at radius 3 is 2.70 bits per heavy atom. The first-order valence-electron chi connectivity index (χ1n) is 6.53. The lowest BCUT2D eigenvalue weighted by molar-refractivity contribution is 0.941. The third-order valence-corrected chi connectivity index (χ3v) is 4.22. The molecule has 0 unspecified atom stereocenters. The molecule has 3 nitrogen and oxygen atoms in total. The van der Waals surface area contributed by atoms with Crippen LogP contribution in [0.25, 0.3) is 16.9 Å². The van der Waals surface area contributed by atoms with Crippen molar-refractivity contribution >= 4 is 28.8 Å². The highest BCUT2D eigenvalue weighted by molar-refractivity contribution is 6.33. The normalized spacial score (nSPS) is 14.9. The number of rotatable bonds is 2. The zero-order valence-corrected chi connectivity index (χ0v) is 12.1. The predicted octanol–water partition coefficient (Wildman–Crippen LogP) is 4.58. The first-order chi connectivity index (χ1) is 9.74. The van der Waals surface area contributed by atoms with Gasteiger partial charge in [-0.2, -0.15) is 5.10 Å². The number of aromatic nitrogens is 3. The Bertz CT molecular complexity index is 806. The predicted molar refractivity (Wildman–Crippen MR) is 80.4 cm³/mol. The number of hydrogen-bond acceptors (Lipinski definition) is 2. The second kappa shape index (κ2) is 4.47. The van der Waals surface area contributed by atoms with Gasteiger partial charge in [-0.15, -0.1) is 0 Å². The van der Waals surface area contributed by atoms with Crippen molar-refractivity contribution in [2.24, 2.45) is 0 Å². The van der Waals surface area contributed by atoms with Crippen LogP contribution >= 0.6 is 23.2 Å². The highest BCUT2D eigenvalue weighted by atomic mass is 35.5. The molecule has 2 heterocycles. The number of halogens is 2. The number of nitrogens with zero attached hydrogens (tertiary/aromatic N) is 3. The van der Waals surface area contributed by atoms with Gasteiger partial charge in [-0.25, -0.2) is 9.50 Å². The molecule has 4 rings (SSSR count). The molecule has 0 bridgehead atoms. The molecule has 100 valence electrons. The SMILES string of the molecule is Clc1ccccc1-c1cc(Cl)n2ncc(C3CC3)c2n1. The molecule has 0 saturated heterocycles. The Hall–Kier alpha value is -1.58. The number of fused-ring (bicyclic) bond motifs is 1. The minimum Gasteiger partial charge on any atom is -0.228 e. The lowest BCUT2D eigenvalue weighted by Gasteiger charge is -2.06. The monoisotopic (exact) mass is 303 g/mol. The maximum atomic E-state index is 6.32. The summed E-state index contributed by atoms with van der Waals surface area (Å²) in [5.74, 6) is 0.581. The molecule has 0 N–H and O–H groups in total. The van der Waals surface area contributed by atoms with Crippen LogP contribution < -0.4 is 0 Å². The molecule has 0 atom stereocenters. The first-order valence-corrected chi connectivity index (χ1v) is 7.29. The summed E-state index contributed by atoms with van der Waals surface area (Å²) in [6.45, 7) is 0. The van der Waals surface area contributed by atoms with Crippen LogP contribution in [0.5, 0.6) is 0 Å². The third kappa shape index (κ3) is 1.89. The zero-order valence-electron chi connectivity index (χ0n) is 10.6. The second-order valence-electron chi connectivity index (χ2n) is 5.05. The van der Waals surface area contributed by atoms with Crippen molar-refractivity contribution in [3.63, 3.8) is 0 Å². The standard InChI is InChI=1S/C15H11Cl2N3/c16-12-4-2-1-3-10(12)13-7-14(17)20-15(19-13)11(8-18-20)9-5-6-9/h1-4,7-9H,5-6H2. The minimum absolute atomic E-state index is 0.553. The van der Waals surface area contributed by atoms with E-state index in [1.165, 1.54) is 18.4 Å². The van der Waals surface area contributed by atoms with Gasteiger partial charge < -0.3 is 0 Å². The molecule has 5 heteroatoms. The van der Waals surface area contributed by atoms with Crippen molar-refractivity contribution < 1.29 is 0 Å². The Morgan fingerprint density at radius 1 is 1.15 bits per heavy atom. The average molecular weight is 304 g/mol. The molecule has 2 aromatic heterocycles. The van der Waals surface area contributed by atoms with E-state index in [1.807, 2.05) is 30.5 Å². The summed E-state index contributed by atoms with van der Waals surface area (Å²) < 4.78 is 1.69. The quantitative estimate of drug-likeness (QED) is 0.649. The van der Waals surface area contributed by atoms with E-state index in [4.69, 9.17) is 28.2 Å². The Morgan fingerprint density at radius 2 is 1.95 bits per heavy atom. The Labute approximate surface area is 126 Å². The molecule has 1 aliphatic carbocycles. The van der Waals surface area contributed by atoms with Crippen LogP contribution in [0.2, 0.25) is 10.2 Å². The van der Waals surface area contributed by atoms with Crippen LogP contribution in [0.3, 0.4) is 0 Å². The van der Waals surface area contributed by atoms with Gasteiger partial charge in [0.1, 0.15) is 5.15 Å². The van der Waals surface area contributed by atoms with E-state index < -0.39 is 0 Å². The summed E-state index contributed by atoms with van der Waals surface area (Å²) in [6.07, 6.45) is 4.29. The van der Waals surface area contributed by atoms with E-state index in [2.05, 4.69) is 5.10 Å². The zero-order chi connectivity index (χ0) is 13.7. The summed E-state index contributed by atoms with van der Waals surface area (Å²) in [7, 11) is 0. The van der Waals surface area contributed by atoms with Crippen molar-refractivity contribution in [2.75, 3.05) is 0 Å². The van der Waals surface area contributed by atoms with Crippen molar-refractivity contribution in [1.29, 1.82) is 0 Å². The maximum Gasteiger partial charge on any atom is 0.160 e. The highest BCUT2D eigenvalue weighted by Gasteiger charge is 2.28. The molecular formula is C15H11Cl2N3. The highest BCUT2D eigenvalue weighted by Crippen LogP contribution is 2.42. The molecule has 20 heavy (non-hydrogen) atoms. The topological polar surface area (TPSA) is 30.2 Å². The van der Waals surface area contributed by atoms with Crippen LogP contribution in [0.15, 0.2) is 36.5 Å². The number of benzene rings is 1. The van der Waals surface area contributed by atoms with Gasteiger partial charge in [0.25, 0.3) is 0 Å². The van der Waals surface area contributed by atoms with Crippen LogP contribution in [-0.4, -0.2) is 14.6 Å². The van der Waals surface area contributed by atoms with Crippen LogP contribution in [0, 0.1) is 0 Å². The molecule has 0 amide bonds. The fraction of sp³-hybridized carbons (Fsp3) is 0.200. The Balaban J connectivity index is 1.97. The van der Waals surface area contributed by atoms with Crippen molar-refractivity contribution in [3.05, 3.63) is 52.3 Å². The summed E-state index contributed by atoms with van der Waals surface area (Å²) in [5.41, 5.74) is 3.70. The van der Waals surface area contributed by atoms with E-state index in [9.17, 15) is 0 Å². The first kappa shape index (κ1) is 12.2. The molecule has 0 aliphatic heterocycles. The fourth-order valence-electron chi connectivity index (χ4n) is 2.43. The van der Waals surface area contributed by atoms with Gasteiger partial charge in [-0.3, -0.25) is 0 Å². The summed E-state index contributed by atoms with van der Waals surface area (Å²) >= 11 is 12.6. The van der Waals surface area contributed by atoms with E-state index in [-0.39, 0.29) is 0 Å². The van der Waals surface area contributed by atoms with Crippen molar-refractivity contribution in [3.8, 4) is 11.3 Å². The maximum absolute atomic E-state index is 6.32. The average Bonchev–Trinajstić information content (AvgIpc) is 3.19. The van der Waals surface area contributed by atoms with E-state index >= 15 is 0 Å².